The number of methoxy groups -OCH3 is 2. The summed E-state index contributed by atoms with van der Waals surface area (Å²) in [5.74, 6) is 0. The lowest BCUT2D eigenvalue weighted by atomic mass is 10.4. The van der Waals surface area contributed by atoms with Crippen molar-refractivity contribution in [1.29, 1.82) is 0 Å². The normalized spacial score (nSPS) is 21.0. The zero-order chi connectivity index (χ0) is 8.32. The highest BCUT2D eigenvalue weighted by molar-refractivity contribution is 4.71. The molecule has 4 nitrogen and oxygen atoms in total. The number of nitrogens with zero attached hydrogens (tertiary/aromatic N) is 1. The van der Waals surface area contributed by atoms with Crippen molar-refractivity contribution < 1.29 is 9.47 Å². The molecule has 1 saturated heterocycles. The van der Waals surface area contributed by atoms with Crippen molar-refractivity contribution >= 4 is 0 Å². The van der Waals surface area contributed by atoms with Crippen LogP contribution in [-0.2, 0) is 9.47 Å². The molecule has 0 unspecified atom stereocenters. The van der Waals surface area contributed by atoms with Gasteiger partial charge in [-0.05, 0) is 12.8 Å². The number of hydrogen-bond donors (Lipinski definition) is 1. The Labute approximate surface area is 67.2 Å². The van der Waals surface area contributed by atoms with Gasteiger partial charge in [-0.3, -0.25) is 5.73 Å². The number of nitrogens with two attached hydrogens (primary N) is 1. The summed E-state index contributed by atoms with van der Waals surface area (Å²) in [4.78, 5) is 1.99. The molecule has 0 atom stereocenters. The number of ether oxygens (including phenoxy) is 2. The fourth-order valence-electron chi connectivity index (χ4n) is 1.37. The van der Waals surface area contributed by atoms with Crippen molar-refractivity contribution in [3.63, 3.8) is 0 Å². The molecule has 0 bridgehead atoms. The van der Waals surface area contributed by atoms with E-state index in [-0.39, 0.29) is 0 Å². The summed E-state index contributed by atoms with van der Waals surface area (Å²) in [6.45, 7) is 1.91. The molecule has 1 heterocycles. The second-order valence-corrected chi connectivity index (χ2v) is 2.73. The van der Waals surface area contributed by atoms with Gasteiger partial charge in [0, 0.05) is 27.3 Å². The van der Waals surface area contributed by atoms with Crippen LogP contribution in [-0.4, -0.2) is 38.2 Å². The quantitative estimate of drug-likeness (QED) is 0.588. The van der Waals surface area contributed by atoms with Crippen LogP contribution in [0.1, 0.15) is 12.8 Å². The lowest BCUT2D eigenvalue weighted by Crippen LogP contribution is -2.57. The molecule has 2 N–H and O–H groups in total. The molecule has 4 heteroatoms. The SMILES string of the molecule is COC(N)(OC)N1CCCC1. The van der Waals surface area contributed by atoms with E-state index in [2.05, 4.69) is 0 Å². The Morgan fingerprint density at radius 1 is 1.18 bits per heavy atom. The van der Waals surface area contributed by atoms with Gasteiger partial charge in [0.15, 0.2) is 0 Å². The number of likely N-dealkylation sites (tertiary alicyclic amines) is 1. The van der Waals surface area contributed by atoms with E-state index in [9.17, 15) is 0 Å². The van der Waals surface area contributed by atoms with Gasteiger partial charge in [0.25, 0.3) is 6.03 Å². The largest absolute Gasteiger partial charge is 0.328 e. The predicted molar refractivity (Wildman–Crippen MR) is 41.7 cm³/mol. The van der Waals surface area contributed by atoms with Crippen LogP contribution in [0.4, 0.5) is 0 Å². The van der Waals surface area contributed by atoms with Gasteiger partial charge in [-0.1, -0.05) is 0 Å². The smallest absolute Gasteiger partial charge is 0.291 e. The molecule has 1 fully saturated rings. The molecular weight excluding hydrogens is 144 g/mol. The van der Waals surface area contributed by atoms with Gasteiger partial charge in [0.2, 0.25) is 0 Å². The van der Waals surface area contributed by atoms with Gasteiger partial charge in [-0.15, -0.1) is 0 Å². The minimum absolute atomic E-state index is 0.957. The Hall–Kier alpha value is -0.160. The standard InChI is InChI=1S/C7H16N2O2/c1-10-7(8,11-2)9-5-3-4-6-9/h3-6,8H2,1-2H3. The molecule has 1 aliphatic rings. The van der Waals surface area contributed by atoms with Crippen LogP contribution in [0.25, 0.3) is 0 Å². The molecule has 0 amide bonds. The molecule has 1 rings (SSSR count). The van der Waals surface area contributed by atoms with E-state index in [0.717, 1.165) is 13.1 Å². The average Bonchev–Trinajstić information content (AvgIpc) is 2.55. The van der Waals surface area contributed by atoms with E-state index in [4.69, 9.17) is 15.2 Å². The predicted octanol–water partition coefficient (Wildman–Crippen LogP) is -0.0550. The van der Waals surface area contributed by atoms with Crippen LogP contribution < -0.4 is 5.73 Å². The molecule has 0 spiro atoms. The highest BCUT2D eigenvalue weighted by Crippen LogP contribution is 2.17. The Morgan fingerprint density at radius 3 is 2.00 bits per heavy atom. The van der Waals surface area contributed by atoms with Crippen molar-refractivity contribution in [2.75, 3.05) is 27.3 Å². The van der Waals surface area contributed by atoms with E-state index in [1.807, 2.05) is 4.90 Å². The third-order valence-electron chi connectivity index (χ3n) is 2.13. The van der Waals surface area contributed by atoms with Crippen molar-refractivity contribution in [3.05, 3.63) is 0 Å². The van der Waals surface area contributed by atoms with Gasteiger partial charge in [0.1, 0.15) is 0 Å². The van der Waals surface area contributed by atoms with E-state index in [1.54, 1.807) is 14.2 Å². The third-order valence-corrected chi connectivity index (χ3v) is 2.13. The summed E-state index contributed by atoms with van der Waals surface area (Å²) >= 11 is 0. The minimum Gasteiger partial charge on any atom is -0.328 e. The van der Waals surface area contributed by atoms with Gasteiger partial charge >= 0.3 is 0 Å². The Bertz CT molecular complexity index is 120. The van der Waals surface area contributed by atoms with Crippen LogP contribution in [0.15, 0.2) is 0 Å². The molecule has 0 saturated carbocycles. The van der Waals surface area contributed by atoms with E-state index < -0.39 is 6.03 Å². The van der Waals surface area contributed by atoms with Crippen LogP contribution in [0.2, 0.25) is 0 Å². The van der Waals surface area contributed by atoms with Crippen LogP contribution >= 0.6 is 0 Å². The molecular formula is C7H16N2O2. The van der Waals surface area contributed by atoms with Gasteiger partial charge < -0.3 is 9.47 Å². The Morgan fingerprint density at radius 2 is 1.64 bits per heavy atom. The zero-order valence-corrected chi connectivity index (χ0v) is 7.17. The number of rotatable bonds is 3. The molecule has 1 aliphatic heterocycles. The van der Waals surface area contributed by atoms with Crippen LogP contribution in [0, 0.1) is 0 Å². The molecule has 0 aromatic heterocycles. The molecule has 0 aliphatic carbocycles. The summed E-state index contributed by atoms with van der Waals surface area (Å²) < 4.78 is 10.1. The molecule has 0 aromatic rings. The highest BCUT2D eigenvalue weighted by atomic mass is 16.7. The first-order chi connectivity index (χ1) is 5.23. The first kappa shape index (κ1) is 8.93. The van der Waals surface area contributed by atoms with Crippen molar-refractivity contribution in [2.45, 2.75) is 18.9 Å². The summed E-state index contributed by atoms with van der Waals surface area (Å²) in [6, 6.07) is -1.00. The zero-order valence-electron chi connectivity index (χ0n) is 7.17. The molecule has 0 aromatic carbocycles. The van der Waals surface area contributed by atoms with Gasteiger partial charge in [-0.2, -0.15) is 0 Å². The van der Waals surface area contributed by atoms with Crippen LogP contribution in [0.5, 0.6) is 0 Å². The Balaban J connectivity index is 2.52. The molecule has 66 valence electrons. The summed E-state index contributed by atoms with van der Waals surface area (Å²) in [5, 5.41) is 0. The first-order valence-electron chi connectivity index (χ1n) is 3.87. The highest BCUT2D eigenvalue weighted by Gasteiger charge is 2.34. The second-order valence-electron chi connectivity index (χ2n) is 2.73. The second kappa shape index (κ2) is 3.49. The molecule has 0 radical (unpaired) electrons. The lowest BCUT2D eigenvalue weighted by molar-refractivity contribution is -0.286. The summed E-state index contributed by atoms with van der Waals surface area (Å²) in [5.41, 5.74) is 5.78. The third kappa shape index (κ3) is 1.70. The average molecular weight is 160 g/mol. The summed E-state index contributed by atoms with van der Waals surface area (Å²) in [7, 11) is 3.11. The first-order valence-corrected chi connectivity index (χ1v) is 3.87. The topological polar surface area (TPSA) is 47.7 Å². The fraction of sp³-hybridized carbons (Fsp3) is 1.00. The van der Waals surface area contributed by atoms with Crippen molar-refractivity contribution in [3.8, 4) is 0 Å². The summed E-state index contributed by atoms with van der Waals surface area (Å²) in [6.07, 6.45) is 2.34. The van der Waals surface area contributed by atoms with Crippen molar-refractivity contribution in [2.24, 2.45) is 5.73 Å². The lowest BCUT2D eigenvalue weighted by Gasteiger charge is -2.34. The fourth-order valence-corrected chi connectivity index (χ4v) is 1.37. The van der Waals surface area contributed by atoms with E-state index >= 15 is 0 Å². The maximum atomic E-state index is 5.78. The maximum absolute atomic E-state index is 5.78. The monoisotopic (exact) mass is 160 g/mol. The van der Waals surface area contributed by atoms with E-state index in [0.29, 0.717) is 0 Å². The van der Waals surface area contributed by atoms with Crippen molar-refractivity contribution in [1.82, 2.24) is 4.90 Å². The minimum atomic E-state index is -1.00. The maximum Gasteiger partial charge on any atom is 0.291 e. The number of hydrogen-bond acceptors (Lipinski definition) is 4. The van der Waals surface area contributed by atoms with Gasteiger partial charge in [-0.25, -0.2) is 4.90 Å². The molecule has 11 heavy (non-hydrogen) atoms. The van der Waals surface area contributed by atoms with Gasteiger partial charge in [0.05, 0.1) is 0 Å². The van der Waals surface area contributed by atoms with E-state index in [1.165, 1.54) is 12.8 Å². The Kier molecular flexibility index (Phi) is 2.84. The van der Waals surface area contributed by atoms with Crippen LogP contribution in [0.3, 0.4) is 0 Å².